The molecule has 0 aromatic heterocycles. The first kappa shape index (κ1) is 14.2. The summed E-state index contributed by atoms with van der Waals surface area (Å²) < 4.78 is 26.4. The summed E-state index contributed by atoms with van der Waals surface area (Å²) in [4.78, 5) is 0. The van der Waals surface area contributed by atoms with Crippen molar-refractivity contribution in [3.05, 3.63) is 70.3 Å². The molecule has 0 heterocycles. The maximum Gasteiger partial charge on any atom is 0.159 e. The van der Waals surface area contributed by atoms with Crippen LogP contribution in [0.4, 0.5) is 8.78 Å². The highest BCUT2D eigenvalue weighted by atomic mass is 19.2. The first-order chi connectivity index (χ1) is 10.0. The Morgan fingerprint density at radius 2 is 1.90 bits per heavy atom. The summed E-state index contributed by atoms with van der Waals surface area (Å²) in [5.41, 5.74) is 4.75. The van der Waals surface area contributed by atoms with Crippen LogP contribution in [0.15, 0.2) is 36.4 Å². The number of hydrogen-bond donors (Lipinski definition) is 1. The van der Waals surface area contributed by atoms with E-state index in [4.69, 9.17) is 0 Å². The zero-order chi connectivity index (χ0) is 15.0. The third-order valence-electron chi connectivity index (χ3n) is 4.27. The number of rotatable bonds is 3. The molecule has 1 aliphatic carbocycles. The van der Waals surface area contributed by atoms with E-state index in [1.54, 1.807) is 6.07 Å². The average molecular weight is 287 g/mol. The van der Waals surface area contributed by atoms with Crippen molar-refractivity contribution in [3.8, 4) is 0 Å². The van der Waals surface area contributed by atoms with Crippen LogP contribution in [0.1, 0.15) is 47.7 Å². The van der Waals surface area contributed by atoms with Gasteiger partial charge in [-0.25, -0.2) is 8.78 Å². The quantitative estimate of drug-likeness (QED) is 0.869. The molecule has 3 heteroatoms. The van der Waals surface area contributed by atoms with Crippen molar-refractivity contribution in [2.45, 2.75) is 38.8 Å². The van der Waals surface area contributed by atoms with E-state index < -0.39 is 11.6 Å². The minimum Gasteiger partial charge on any atom is -0.303 e. The lowest BCUT2D eigenvalue weighted by atomic mass is 10.0. The standard InChI is InChI=1S/C18H19F2N/c1-11-3-4-13-6-8-18(15(13)9-11)21-12(2)14-5-7-16(19)17(20)10-14/h3-5,7,9-10,12,18,21H,6,8H2,1-2H3. The van der Waals surface area contributed by atoms with E-state index in [2.05, 4.69) is 30.4 Å². The zero-order valence-electron chi connectivity index (χ0n) is 12.3. The smallest absolute Gasteiger partial charge is 0.159 e. The van der Waals surface area contributed by atoms with Crippen molar-refractivity contribution >= 4 is 0 Å². The monoisotopic (exact) mass is 287 g/mol. The van der Waals surface area contributed by atoms with Gasteiger partial charge in [-0.05, 0) is 55.5 Å². The Kier molecular flexibility index (Phi) is 3.77. The van der Waals surface area contributed by atoms with Crippen molar-refractivity contribution in [1.29, 1.82) is 0 Å². The molecular weight excluding hydrogens is 268 g/mol. The number of aryl methyl sites for hydroxylation is 2. The maximum atomic E-state index is 13.3. The maximum absolute atomic E-state index is 13.3. The molecule has 2 unspecified atom stereocenters. The van der Waals surface area contributed by atoms with Crippen molar-refractivity contribution in [1.82, 2.24) is 5.32 Å². The van der Waals surface area contributed by atoms with Gasteiger partial charge in [0.1, 0.15) is 0 Å². The molecule has 0 saturated carbocycles. The molecule has 0 fully saturated rings. The van der Waals surface area contributed by atoms with E-state index in [1.165, 1.54) is 28.8 Å². The highest BCUT2D eigenvalue weighted by Gasteiger charge is 2.24. The molecule has 0 bridgehead atoms. The summed E-state index contributed by atoms with van der Waals surface area (Å²) in [6, 6.07) is 10.9. The molecule has 3 rings (SSSR count). The molecule has 0 aliphatic heterocycles. The topological polar surface area (TPSA) is 12.0 Å². The van der Waals surface area contributed by atoms with Gasteiger partial charge in [-0.3, -0.25) is 0 Å². The highest BCUT2D eigenvalue weighted by molar-refractivity contribution is 5.38. The molecule has 1 nitrogen and oxygen atoms in total. The second-order valence-electron chi connectivity index (χ2n) is 5.86. The molecule has 0 saturated heterocycles. The summed E-state index contributed by atoms with van der Waals surface area (Å²) in [5, 5.41) is 3.54. The van der Waals surface area contributed by atoms with Crippen molar-refractivity contribution in [2.24, 2.45) is 0 Å². The number of hydrogen-bond acceptors (Lipinski definition) is 1. The fourth-order valence-electron chi connectivity index (χ4n) is 3.07. The molecule has 1 aliphatic rings. The van der Waals surface area contributed by atoms with E-state index in [9.17, 15) is 8.78 Å². The van der Waals surface area contributed by atoms with Crippen LogP contribution in [0.3, 0.4) is 0 Å². The Bertz CT molecular complexity index is 666. The third-order valence-corrected chi connectivity index (χ3v) is 4.27. The molecule has 0 spiro atoms. The predicted octanol–water partition coefficient (Wildman–Crippen LogP) is 4.61. The van der Waals surface area contributed by atoms with Gasteiger partial charge in [-0.2, -0.15) is 0 Å². The summed E-state index contributed by atoms with van der Waals surface area (Å²) in [6.07, 6.45) is 2.12. The molecule has 1 N–H and O–H groups in total. The van der Waals surface area contributed by atoms with Gasteiger partial charge < -0.3 is 5.32 Å². The predicted molar refractivity (Wildman–Crippen MR) is 80.1 cm³/mol. The summed E-state index contributed by atoms with van der Waals surface area (Å²) >= 11 is 0. The van der Waals surface area contributed by atoms with Crippen molar-refractivity contribution in [2.75, 3.05) is 0 Å². The van der Waals surface area contributed by atoms with Gasteiger partial charge in [0.15, 0.2) is 11.6 Å². The Labute approximate surface area is 124 Å². The fourth-order valence-corrected chi connectivity index (χ4v) is 3.07. The molecular formula is C18H19F2N. The number of halogens is 2. The van der Waals surface area contributed by atoms with Crippen LogP contribution in [-0.4, -0.2) is 0 Å². The Hall–Kier alpha value is -1.74. The highest BCUT2D eigenvalue weighted by Crippen LogP contribution is 2.33. The molecule has 21 heavy (non-hydrogen) atoms. The first-order valence-corrected chi connectivity index (χ1v) is 7.35. The van der Waals surface area contributed by atoms with E-state index in [1.807, 2.05) is 6.92 Å². The van der Waals surface area contributed by atoms with Crippen molar-refractivity contribution in [3.63, 3.8) is 0 Å². The fraction of sp³-hybridized carbons (Fsp3) is 0.333. The Balaban J connectivity index is 1.79. The van der Waals surface area contributed by atoms with Crippen molar-refractivity contribution < 1.29 is 8.78 Å². The van der Waals surface area contributed by atoms with Crippen LogP contribution >= 0.6 is 0 Å². The third kappa shape index (κ3) is 2.84. The van der Waals surface area contributed by atoms with Gasteiger partial charge in [0, 0.05) is 12.1 Å². The van der Waals surface area contributed by atoms with Gasteiger partial charge in [-0.15, -0.1) is 0 Å². The SMILES string of the molecule is Cc1ccc2c(c1)C(NC(C)c1ccc(F)c(F)c1)CC2. The van der Waals surface area contributed by atoms with Gasteiger partial charge >= 0.3 is 0 Å². The largest absolute Gasteiger partial charge is 0.303 e. The van der Waals surface area contributed by atoms with Gasteiger partial charge in [0.2, 0.25) is 0 Å². The van der Waals surface area contributed by atoms with Crippen LogP contribution in [0, 0.1) is 18.6 Å². The minimum atomic E-state index is -0.798. The van der Waals surface area contributed by atoms with Gasteiger partial charge in [0.05, 0.1) is 0 Å². The number of nitrogens with one attached hydrogen (secondary N) is 1. The molecule has 0 amide bonds. The second kappa shape index (κ2) is 5.57. The van der Waals surface area contributed by atoms with Crippen LogP contribution < -0.4 is 5.32 Å². The van der Waals surface area contributed by atoms with Crippen LogP contribution in [0.25, 0.3) is 0 Å². The molecule has 2 aromatic carbocycles. The van der Waals surface area contributed by atoms with Gasteiger partial charge in [-0.1, -0.05) is 29.8 Å². The Morgan fingerprint density at radius 1 is 1.10 bits per heavy atom. The minimum absolute atomic E-state index is 0.0171. The van der Waals surface area contributed by atoms with E-state index in [0.29, 0.717) is 0 Å². The summed E-state index contributed by atoms with van der Waals surface area (Å²) in [5.74, 6) is -1.59. The number of benzene rings is 2. The summed E-state index contributed by atoms with van der Waals surface area (Å²) in [6.45, 7) is 4.08. The lowest BCUT2D eigenvalue weighted by molar-refractivity contribution is 0.458. The lowest BCUT2D eigenvalue weighted by Crippen LogP contribution is -2.23. The molecule has 110 valence electrons. The van der Waals surface area contributed by atoms with Crippen LogP contribution in [0.5, 0.6) is 0 Å². The second-order valence-corrected chi connectivity index (χ2v) is 5.86. The average Bonchev–Trinajstić information content (AvgIpc) is 2.84. The lowest BCUT2D eigenvalue weighted by Gasteiger charge is -2.21. The van der Waals surface area contributed by atoms with Gasteiger partial charge in [0.25, 0.3) is 0 Å². The van der Waals surface area contributed by atoms with E-state index in [-0.39, 0.29) is 12.1 Å². The van der Waals surface area contributed by atoms with Crippen LogP contribution in [0.2, 0.25) is 0 Å². The molecule has 0 radical (unpaired) electrons. The van der Waals surface area contributed by atoms with Crippen LogP contribution in [-0.2, 0) is 6.42 Å². The Morgan fingerprint density at radius 3 is 2.67 bits per heavy atom. The zero-order valence-corrected chi connectivity index (χ0v) is 12.3. The number of fused-ring (bicyclic) bond motifs is 1. The molecule has 2 atom stereocenters. The first-order valence-electron chi connectivity index (χ1n) is 7.35. The summed E-state index contributed by atoms with van der Waals surface area (Å²) in [7, 11) is 0. The van der Waals surface area contributed by atoms with E-state index >= 15 is 0 Å². The normalized spacial score (nSPS) is 18.6. The molecule has 2 aromatic rings. The van der Waals surface area contributed by atoms with E-state index in [0.717, 1.165) is 18.4 Å².